The average molecular weight is 394 g/mol. The van der Waals surface area contributed by atoms with E-state index < -0.39 is 6.10 Å². The molecule has 0 saturated heterocycles. The second-order valence-electron chi connectivity index (χ2n) is 7.84. The van der Waals surface area contributed by atoms with Crippen LogP contribution in [0.5, 0.6) is 0 Å². The molecule has 6 nitrogen and oxygen atoms in total. The zero-order chi connectivity index (χ0) is 20.5. The molecule has 29 heavy (non-hydrogen) atoms. The summed E-state index contributed by atoms with van der Waals surface area (Å²) in [6.07, 6.45) is -0.757. The number of benzene rings is 2. The first kappa shape index (κ1) is 19.6. The lowest BCUT2D eigenvalue weighted by Crippen LogP contribution is -2.38. The third-order valence-electron chi connectivity index (χ3n) is 5.46. The number of aliphatic hydroxyl groups excluding tert-OH is 2. The number of anilines is 1. The molecule has 2 aliphatic heterocycles. The number of hydrogen-bond acceptors (Lipinski definition) is 5. The van der Waals surface area contributed by atoms with Gasteiger partial charge in [-0.15, -0.1) is 0 Å². The summed E-state index contributed by atoms with van der Waals surface area (Å²) in [7, 11) is 0. The molecule has 6 heteroatoms. The standard InChI is InChI=1S/C23H26N2O4/c1-14(2)25(11-17(27)12-26)10-15-7-8-18-16(9-15)13-29-22(18)21-19-5-3-4-6-20(19)24-23(21)28/h3-9,14,17,26-27H,10-13H2,1-2H3,(H,24,28). The van der Waals surface area contributed by atoms with E-state index in [1.165, 1.54) is 0 Å². The summed E-state index contributed by atoms with van der Waals surface area (Å²) in [5.74, 6) is 0.493. The predicted molar refractivity (Wildman–Crippen MR) is 112 cm³/mol. The number of carbonyl (C=O) groups excluding carboxylic acids is 1. The van der Waals surface area contributed by atoms with Gasteiger partial charge in [-0.25, -0.2) is 0 Å². The van der Waals surface area contributed by atoms with Crippen molar-refractivity contribution in [2.45, 2.75) is 39.1 Å². The Labute approximate surface area is 170 Å². The fraction of sp³-hybridized carbons (Fsp3) is 0.348. The number of aliphatic hydroxyl groups is 2. The number of para-hydroxylation sites is 1. The zero-order valence-corrected chi connectivity index (χ0v) is 16.7. The molecule has 1 atom stereocenters. The third-order valence-corrected chi connectivity index (χ3v) is 5.46. The number of fused-ring (bicyclic) bond motifs is 2. The molecule has 0 spiro atoms. The number of nitrogens with one attached hydrogen (secondary N) is 1. The normalized spacial score (nSPS) is 18.6. The Balaban J connectivity index is 1.63. The van der Waals surface area contributed by atoms with E-state index in [4.69, 9.17) is 9.84 Å². The summed E-state index contributed by atoms with van der Waals surface area (Å²) in [5.41, 5.74) is 5.36. The van der Waals surface area contributed by atoms with Gasteiger partial charge in [-0.2, -0.15) is 0 Å². The molecule has 0 aromatic heterocycles. The molecule has 152 valence electrons. The molecule has 2 aromatic carbocycles. The second kappa shape index (κ2) is 7.99. The molecule has 1 unspecified atom stereocenters. The maximum Gasteiger partial charge on any atom is 0.260 e. The minimum absolute atomic E-state index is 0.137. The average Bonchev–Trinajstić information content (AvgIpc) is 3.26. The van der Waals surface area contributed by atoms with Gasteiger partial charge in [-0.05, 0) is 25.5 Å². The van der Waals surface area contributed by atoms with Crippen LogP contribution >= 0.6 is 0 Å². The van der Waals surface area contributed by atoms with Crippen LogP contribution in [-0.2, 0) is 22.7 Å². The highest BCUT2D eigenvalue weighted by molar-refractivity contribution is 6.36. The van der Waals surface area contributed by atoms with Crippen molar-refractivity contribution in [3.8, 4) is 0 Å². The van der Waals surface area contributed by atoms with Crippen LogP contribution in [0.15, 0.2) is 42.5 Å². The maximum atomic E-state index is 12.5. The number of hydrogen-bond donors (Lipinski definition) is 3. The van der Waals surface area contributed by atoms with Gasteiger partial charge in [0.2, 0.25) is 0 Å². The molecular weight excluding hydrogens is 368 g/mol. The van der Waals surface area contributed by atoms with Crippen molar-refractivity contribution >= 4 is 22.9 Å². The SMILES string of the molecule is CC(C)N(Cc1ccc2c(c1)COC2=C1C(=O)Nc2ccccc21)CC(O)CO. The Morgan fingerprint density at radius 2 is 1.97 bits per heavy atom. The zero-order valence-electron chi connectivity index (χ0n) is 16.7. The lowest BCUT2D eigenvalue weighted by atomic mass is 9.99. The molecule has 2 heterocycles. The summed E-state index contributed by atoms with van der Waals surface area (Å²) >= 11 is 0. The van der Waals surface area contributed by atoms with Crippen molar-refractivity contribution in [3.63, 3.8) is 0 Å². The molecule has 2 aliphatic rings. The first-order valence-corrected chi connectivity index (χ1v) is 9.91. The van der Waals surface area contributed by atoms with E-state index in [2.05, 4.69) is 30.1 Å². The summed E-state index contributed by atoms with van der Waals surface area (Å²) in [6, 6.07) is 14.0. The minimum atomic E-state index is -0.757. The van der Waals surface area contributed by atoms with Gasteiger partial charge in [-0.3, -0.25) is 9.69 Å². The number of rotatable bonds is 6. The molecule has 0 aliphatic carbocycles. The van der Waals surface area contributed by atoms with Gasteiger partial charge in [0.25, 0.3) is 5.91 Å². The number of nitrogens with zero attached hydrogens (tertiary/aromatic N) is 1. The Kier molecular flexibility index (Phi) is 5.41. The van der Waals surface area contributed by atoms with Gasteiger partial charge in [0.1, 0.15) is 12.4 Å². The van der Waals surface area contributed by atoms with Crippen molar-refractivity contribution in [1.29, 1.82) is 0 Å². The van der Waals surface area contributed by atoms with E-state index in [-0.39, 0.29) is 18.6 Å². The van der Waals surface area contributed by atoms with E-state index in [1.54, 1.807) is 0 Å². The maximum absolute atomic E-state index is 12.5. The minimum Gasteiger partial charge on any atom is -0.487 e. The van der Waals surface area contributed by atoms with Crippen LogP contribution in [0.3, 0.4) is 0 Å². The van der Waals surface area contributed by atoms with Gasteiger partial charge < -0.3 is 20.3 Å². The van der Waals surface area contributed by atoms with Crippen LogP contribution in [-0.4, -0.2) is 46.3 Å². The smallest absolute Gasteiger partial charge is 0.260 e. The Hall–Kier alpha value is -2.67. The fourth-order valence-electron chi connectivity index (χ4n) is 3.88. The lowest BCUT2D eigenvalue weighted by Gasteiger charge is -2.28. The number of amides is 1. The third kappa shape index (κ3) is 3.79. The molecule has 3 N–H and O–H groups in total. The van der Waals surface area contributed by atoms with Crippen LogP contribution in [0.25, 0.3) is 11.3 Å². The highest BCUT2D eigenvalue weighted by Gasteiger charge is 2.32. The van der Waals surface area contributed by atoms with Gasteiger partial charge in [-0.1, -0.05) is 36.4 Å². The lowest BCUT2D eigenvalue weighted by molar-refractivity contribution is -0.110. The first-order valence-electron chi connectivity index (χ1n) is 9.91. The van der Waals surface area contributed by atoms with Crippen LogP contribution in [0.4, 0.5) is 5.69 Å². The van der Waals surface area contributed by atoms with Crippen molar-refractivity contribution in [3.05, 3.63) is 64.7 Å². The molecule has 0 saturated carbocycles. The van der Waals surface area contributed by atoms with E-state index >= 15 is 0 Å². The van der Waals surface area contributed by atoms with Crippen molar-refractivity contribution in [2.75, 3.05) is 18.5 Å². The molecule has 0 fully saturated rings. The number of carbonyl (C=O) groups is 1. The summed E-state index contributed by atoms with van der Waals surface area (Å²) in [5, 5.41) is 21.9. The van der Waals surface area contributed by atoms with Gasteiger partial charge in [0.15, 0.2) is 0 Å². The van der Waals surface area contributed by atoms with E-state index in [1.807, 2.05) is 36.4 Å². The molecular formula is C23H26N2O4. The van der Waals surface area contributed by atoms with Gasteiger partial charge >= 0.3 is 0 Å². The van der Waals surface area contributed by atoms with Crippen molar-refractivity contribution < 1.29 is 19.7 Å². The van der Waals surface area contributed by atoms with Crippen LogP contribution in [0, 0.1) is 0 Å². The topological polar surface area (TPSA) is 82.0 Å². The Morgan fingerprint density at radius 3 is 2.72 bits per heavy atom. The number of ether oxygens (including phenoxy) is 1. The first-order chi connectivity index (χ1) is 14.0. The highest BCUT2D eigenvalue weighted by Crippen LogP contribution is 2.41. The largest absolute Gasteiger partial charge is 0.487 e. The van der Waals surface area contributed by atoms with Gasteiger partial charge in [0, 0.05) is 41.5 Å². The summed E-state index contributed by atoms with van der Waals surface area (Å²) in [6.45, 7) is 5.39. The monoisotopic (exact) mass is 394 g/mol. The van der Waals surface area contributed by atoms with E-state index in [9.17, 15) is 9.90 Å². The molecule has 4 rings (SSSR count). The van der Waals surface area contributed by atoms with Crippen LogP contribution < -0.4 is 5.32 Å². The quantitative estimate of drug-likeness (QED) is 0.656. The summed E-state index contributed by atoms with van der Waals surface area (Å²) < 4.78 is 5.96. The second-order valence-corrected chi connectivity index (χ2v) is 7.84. The summed E-state index contributed by atoms with van der Waals surface area (Å²) in [4.78, 5) is 14.7. The van der Waals surface area contributed by atoms with Crippen LogP contribution in [0.2, 0.25) is 0 Å². The predicted octanol–water partition coefficient (Wildman–Crippen LogP) is 2.60. The van der Waals surface area contributed by atoms with Crippen LogP contribution in [0.1, 0.15) is 36.1 Å². The van der Waals surface area contributed by atoms with Gasteiger partial charge in [0.05, 0.1) is 18.3 Å². The van der Waals surface area contributed by atoms with Crippen molar-refractivity contribution in [2.24, 2.45) is 0 Å². The van der Waals surface area contributed by atoms with Crippen molar-refractivity contribution in [1.82, 2.24) is 4.90 Å². The molecule has 1 amide bonds. The van der Waals surface area contributed by atoms with E-state index in [0.29, 0.717) is 31.0 Å². The Bertz CT molecular complexity index is 967. The Morgan fingerprint density at radius 1 is 1.17 bits per heavy atom. The molecule has 0 bridgehead atoms. The molecule has 2 aromatic rings. The molecule has 0 radical (unpaired) electrons. The van der Waals surface area contributed by atoms with E-state index in [0.717, 1.165) is 27.9 Å². The highest BCUT2D eigenvalue weighted by atomic mass is 16.5. The fourth-order valence-corrected chi connectivity index (χ4v) is 3.88.